The minimum Gasteiger partial charge on any atom is -0.493 e. The van der Waals surface area contributed by atoms with Gasteiger partial charge >= 0.3 is 0 Å². The topological polar surface area (TPSA) is 55.8 Å². The van der Waals surface area contributed by atoms with Crippen LogP contribution in [0.5, 0.6) is 11.5 Å². The third kappa shape index (κ3) is 5.06. The van der Waals surface area contributed by atoms with Gasteiger partial charge in [-0.2, -0.15) is 0 Å². The fraction of sp³-hybridized carbons (Fsp3) is 0.652. The molecule has 1 saturated heterocycles. The Hall–Kier alpha value is -2.04. The van der Waals surface area contributed by atoms with E-state index in [4.69, 9.17) is 9.47 Å². The van der Waals surface area contributed by atoms with Crippen molar-refractivity contribution in [1.29, 1.82) is 0 Å². The highest BCUT2D eigenvalue weighted by Gasteiger charge is 2.29. The lowest BCUT2D eigenvalue weighted by Crippen LogP contribution is -2.42. The summed E-state index contributed by atoms with van der Waals surface area (Å²) in [6.07, 6.45) is 9.86. The molecule has 1 aromatic carbocycles. The highest BCUT2D eigenvalue weighted by molar-refractivity contribution is 5.99. The van der Waals surface area contributed by atoms with Gasteiger partial charge in [0.25, 0.3) is 0 Å². The van der Waals surface area contributed by atoms with Gasteiger partial charge < -0.3 is 14.4 Å². The number of amides is 1. The minimum absolute atomic E-state index is 0.0886. The molecule has 0 radical (unpaired) electrons. The van der Waals surface area contributed by atoms with E-state index in [1.807, 2.05) is 4.90 Å². The molecule has 1 amide bonds. The van der Waals surface area contributed by atoms with E-state index in [0.717, 1.165) is 25.8 Å². The Balaban J connectivity index is 1.57. The minimum atomic E-state index is -0.134. The summed E-state index contributed by atoms with van der Waals surface area (Å²) >= 11 is 0. The van der Waals surface area contributed by atoms with Gasteiger partial charge in [-0.1, -0.05) is 32.1 Å². The van der Waals surface area contributed by atoms with Crippen LogP contribution < -0.4 is 9.47 Å². The van der Waals surface area contributed by atoms with Crippen LogP contribution in [0.25, 0.3) is 0 Å². The summed E-state index contributed by atoms with van der Waals surface area (Å²) in [4.78, 5) is 27.6. The summed E-state index contributed by atoms with van der Waals surface area (Å²) in [7, 11) is 3.15. The first-order valence-electron chi connectivity index (χ1n) is 10.7. The number of likely N-dealkylation sites (tertiary alicyclic amines) is 1. The summed E-state index contributed by atoms with van der Waals surface area (Å²) in [5.74, 6) is 2.06. The predicted octanol–water partition coefficient (Wildman–Crippen LogP) is 4.49. The number of methoxy groups -OCH3 is 2. The van der Waals surface area contributed by atoms with Gasteiger partial charge in [-0.25, -0.2) is 0 Å². The number of ether oxygens (including phenoxy) is 2. The van der Waals surface area contributed by atoms with Crippen LogP contribution in [0.1, 0.15) is 68.1 Å². The monoisotopic (exact) mass is 387 g/mol. The van der Waals surface area contributed by atoms with E-state index in [1.165, 1.54) is 32.1 Å². The molecule has 1 saturated carbocycles. The third-order valence-electron chi connectivity index (χ3n) is 6.30. The van der Waals surface area contributed by atoms with Crippen LogP contribution in [0.4, 0.5) is 0 Å². The first-order valence-corrected chi connectivity index (χ1v) is 10.7. The maximum Gasteiger partial charge on any atom is 0.222 e. The van der Waals surface area contributed by atoms with Gasteiger partial charge in [0.2, 0.25) is 5.91 Å². The number of carbonyl (C=O) groups excluding carboxylic acids is 2. The lowest BCUT2D eigenvalue weighted by atomic mass is 9.85. The fourth-order valence-electron chi connectivity index (χ4n) is 4.60. The first kappa shape index (κ1) is 20.7. The third-order valence-corrected chi connectivity index (χ3v) is 6.30. The number of hydrogen-bond acceptors (Lipinski definition) is 4. The molecule has 2 aliphatic rings. The van der Waals surface area contributed by atoms with Crippen LogP contribution in [0.3, 0.4) is 0 Å². The molecule has 0 unspecified atom stereocenters. The van der Waals surface area contributed by atoms with Crippen molar-refractivity contribution in [3.63, 3.8) is 0 Å². The molecule has 0 aromatic heterocycles. The molecule has 1 heterocycles. The molecule has 1 aliphatic carbocycles. The lowest BCUT2D eigenvalue weighted by Gasteiger charge is -2.33. The average molecular weight is 388 g/mol. The molecule has 3 rings (SSSR count). The van der Waals surface area contributed by atoms with Gasteiger partial charge in [0, 0.05) is 31.0 Å². The Bertz CT molecular complexity index is 681. The Kier molecular flexibility index (Phi) is 7.35. The van der Waals surface area contributed by atoms with E-state index in [2.05, 4.69) is 0 Å². The first-order chi connectivity index (χ1) is 13.6. The fourth-order valence-corrected chi connectivity index (χ4v) is 4.60. The van der Waals surface area contributed by atoms with Crippen LogP contribution in [0.15, 0.2) is 18.2 Å². The van der Waals surface area contributed by atoms with E-state index in [9.17, 15) is 9.59 Å². The smallest absolute Gasteiger partial charge is 0.222 e. The van der Waals surface area contributed by atoms with E-state index in [0.29, 0.717) is 35.9 Å². The van der Waals surface area contributed by atoms with Crippen molar-refractivity contribution in [2.24, 2.45) is 11.8 Å². The lowest BCUT2D eigenvalue weighted by molar-refractivity contribution is -0.133. The van der Waals surface area contributed by atoms with E-state index < -0.39 is 0 Å². The van der Waals surface area contributed by atoms with Crippen molar-refractivity contribution in [3.05, 3.63) is 23.8 Å². The van der Waals surface area contributed by atoms with Crippen molar-refractivity contribution < 1.29 is 19.1 Å². The molecular formula is C23H33NO4. The van der Waals surface area contributed by atoms with Gasteiger partial charge in [0.05, 0.1) is 14.2 Å². The van der Waals surface area contributed by atoms with Gasteiger partial charge in [0.15, 0.2) is 17.3 Å². The highest BCUT2D eigenvalue weighted by atomic mass is 16.5. The highest BCUT2D eigenvalue weighted by Crippen LogP contribution is 2.31. The van der Waals surface area contributed by atoms with E-state index >= 15 is 0 Å². The molecular weight excluding hydrogens is 354 g/mol. The van der Waals surface area contributed by atoms with Gasteiger partial charge in [0.1, 0.15) is 0 Å². The maximum absolute atomic E-state index is 13.0. The maximum atomic E-state index is 13.0. The molecule has 28 heavy (non-hydrogen) atoms. The molecule has 154 valence electrons. The van der Waals surface area contributed by atoms with Crippen LogP contribution in [0, 0.1) is 11.8 Å². The normalized spacial score (nSPS) is 20.6. The number of ketones is 1. The number of piperidine rings is 1. The molecule has 0 bridgehead atoms. The number of Topliss-reactive ketones (excluding diaryl/α,β-unsaturated/α-hetero) is 1. The van der Waals surface area contributed by atoms with Crippen LogP contribution in [-0.4, -0.2) is 43.9 Å². The van der Waals surface area contributed by atoms with Crippen molar-refractivity contribution in [2.75, 3.05) is 27.3 Å². The second-order valence-corrected chi connectivity index (χ2v) is 8.16. The second-order valence-electron chi connectivity index (χ2n) is 8.16. The zero-order valence-corrected chi connectivity index (χ0v) is 17.2. The Morgan fingerprint density at radius 2 is 1.75 bits per heavy atom. The number of benzene rings is 1. The van der Waals surface area contributed by atoms with Gasteiger partial charge in [-0.3, -0.25) is 9.59 Å². The zero-order valence-electron chi connectivity index (χ0n) is 17.2. The van der Waals surface area contributed by atoms with Crippen LogP contribution >= 0.6 is 0 Å². The summed E-state index contributed by atoms with van der Waals surface area (Å²) < 4.78 is 10.6. The Morgan fingerprint density at radius 1 is 1.00 bits per heavy atom. The van der Waals surface area contributed by atoms with Gasteiger partial charge in [-0.15, -0.1) is 0 Å². The SMILES string of the molecule is COc1ccc(C(=O)[C@@H]2CCCN(C(=O)CCC3CCCCC3)C2)cc1OC. The van der Waals surface area contributed by atoms with Crippen molar-refractivity contribution in [2.45, 2.75) is 57.8 Å². The number of nitrogens with zero attached hydrogens (tertiary/aromatic N) is 1. The zero-order chi connectivity index (χ0) is 19.9. The molecule has 5 heteroatoms. The number of rotatable bonds is 7. The quantitative estimate of drug-likeness (QED) is 0.647. The van der Waals surface area contributed by atoms with Crippen LogP contribution in [-0.2, 0) is 4.79 Å². The van der Waals surface area contributed by atoms with Crippen molar-refractivity contribution in [1.82, 2.24) is 4.90 Å². The van der Waals surface area contributed by atoms with E-state index in [1.54, 1.807) is 32.4 Å². The van der Waals surface area contributed by atoms with E-state index in [-0.39, 0.29) is 17.6 Å². The second kappa shape index (κ2) is 9.94. The van der Waals surface area contributed by atoms with Crippen molar-refractivity contribution >= 4 is 11.7 Å². The largest absolute Gasteiger partial charge is 0.493 e. The number of carbonyl (C=O) groups is 2. The summed E-state index contributed by atoms with van der Waals surface area (Å²) in [6.45, 7) is 1.32. The summed E-state index contributed by atoms with van der Waals surface area (Å²) in [5.41, 5.74) is 0.624. The average Bonchev–Trinajstić information content (AvgIpc) is 2.77. The van der Waals surface area contributed by atoms with Crippen molar-refractivity contribution in [3.8, 4) is 11.5 Å². The summed E-state index contributed by atoms with van der Waals surface area (Å²) in [6, 6.07) is 5.29. The molecule has 1 aliphatic heterocycles. The summed E-state index contributed by atoms with van der Waals surface area (Å²) in [5, 5.41) is 0. The Labute approximate surface area is 168 Å². The molecule has 0 N–H and O–H groups in total. The molecule has 2 fully saturated rings. The van der Waals surface area contributed by atoms with Crippen LogP contribution in [0.2, 0.25) is 0 Å². The molecule has 1 atom stereocenters. The molecule has 1 aromatic rings. The van der Waals surface area contributed by atoms with Gasteiger partial charge in [-0.05, 0) is 43.4 Å². The Morgan fingerprint density at radius 3 is 2.46 bits per heavy atom. The molecule has 0 spiro atoms. The molecule has 5 nitrogen and oxygen atoms in total. The predicted molar refractivity (Wildman–Crippen MR) is 109 cm³/mol. The number of hydrogen-bond donors (Lipinski definition) is 0. The standard InChI is InChI=1S/C23H33NO4/c1-27-20-12-11-18(15-21(20)28-2)23(26)19-9-6-14-24(16-19)22(25)13-10-17-7-4-3-5-8-17/h11-12,15,17,19H,3-10,13-14,16H2,1-2H3/t19-/m1/s1.